The van der Waals surface area contributed by atoms with Crippen LogP contribution in [-0.4, -0.2) is 14.9 Å². The topological polar surface area (TPSA) is 94.9 Å². The molecule has 0 atom stereocenters. The fourth-order valence-corrected chi connectivity index (χ4v) is 1.45. The van der Waals surface area contributed by atoms with Gasteiger partial charge in [0.15, 0.2) is 5.69 Å². The first kappa shape index (κ1) is 11.8. The summed E-state index contributed by atoms with van der Waals surface area (Å²) in [6.07, 6.45) is 0.973. The van der Waals surface area contributed by atoms with Gasteiger partial charge in [0, 0.05) is 11.6 Å². The van der Waals surface area contributed by atoms with Crippen molar-refractivity contribution in [2.24, 2.45) is 0 Å². The number of nitrogens with zero attached hydrogens (tertiary/aromatic N) is 3. The van der Waals surface area contributed by atoms with Crippen molar-refractivity contribution in [3.63, 3.8) is 0 Å². The number of hydrogen-bond acceptors (Lipinski definition) is 5. The minimum absolute atomic E-state index is 0.211. The first-order valence-electron chi connectivity index (χ1n) is 4.71. The van der Waals surface area contributed by atoms with Crippen LogP contribution in [0.25, 0.3) is 11.3 Å². The second kappa shape index (κ2) is 4.32. The van der Waals surface area contributed by atoms with Crippen molar-refractivity contribution in [2.75, 3.05) is 5.73 Å². The third kappa shape index (κ3) is 1.95. The van der Waals surface area contributed by atoms with Crippen LogP contribution in [0.4, 0.5) is 20.3 Å². The Kier molecular flexibility index (Phi) is 2.84. The summed E-state index contributed by atoms with van der Waals surface area (Å²) in [7, 11) is 0. The number of nitrogens with two attached hydrogens (primary N) is 1. The monoisotopic (exact) mass is 252 g/mol. The smallest absolute Gasteiger partial charge is 0.337 e. The Morgan fingerprint density at radius 2 is 2.00 bits per heavy atom. The zero-order chi connectivity index (χ0) is 13.3. The van der Waals surface area contributed by atoms with Crippen molar-refractivity contribution in [3.8, 4) is 11.3 Å². The van der Waals surface area contributed by atoms with Crippen LogP contribution in [0.5, 0.6) is 0 Å². The van der Waals surface area contributed by atoms with Gasteiger partial charge in [0.1, 0.15) is 18.0 Å². The highest BCUT2D eigenvalue weighted by Gasteiger charge is 2.24. The average molecular weight is 252 g/mol. The van der Waals surface area contributed by atoms with E-state index >= 15 is 0 Å². The molecule has 0 aliphatic heterocycles. The van der Waals surface area contributed by atoms with Crippen LogP contribution >= 0.6 is 0 Å². The molecular formula is C10H6F2N4O2. The molecule has 0 aliphatic rings. The molecule has 0 fully saturated rings. The Hall–Kier alpha value is -2.64. The minimum Gasteiger partial charge on any atom is -0.378 e. The van der Waals surface area contributed by atoms with E-state index in [1.165, 1.54) is 0 Å². The van der Waals surface area contributed by atoms with Gasteiger partial charge in [0.25, 0.3) is 0 Å². The van der Waals surface area contributed by atoms with E-state index in [1.54, 1.807) is 0 Å². The van der Waals surface area contributed by atoms with Crippen molar-refractivity contribution >= 4 is 11.5 Å². The maximum atomic E-state index is 13.5. The fourth-order valence-electron chi connectivity index (χ4n) is 1.45. The predicted octanol–water partition coefficient (Wildman–Crippen LogP) is 1.91. The van der Waals surface area contributed by atoms with Gasteiger partial charge in [-0.25, -0.2) is 18.7 Å². The predicted molar refractivity (Wildman–Crippen MR) is 58.5 cm³/mol. The fraction of sp³-hybridized carbons (Fsp3) is 0. The Morgan fingerprint density at radius 3 is 2.61 bits per heavy atom. The molecule has 0 saturated carbocycles. The number of anilines is 1. The van der Waals surface area contributed by atoms with Gasteiger partial charge in [-0.15, -0.1) is 0 Å². The zero-order valence-electron chi connectivity index (χ0n) is 8.80. The third-order valence-corrected chi connectivity index (χ3v) is 2.22. The molecule has 18 heavy (non-hydrogen) atoms. The maximum absolute atomic E-state index is 13.5. The van der Waals surface area contributed by atoms with Gasteiger partial charge >= 0.3 is 5.69 Å². The molecule has 1 aromatic carbocycles. The first-order valence-corrected chi connectivity index (χ1v) is 4.71. The number of halogens is 2. The van der Waals surface area contributed by atoms with E-state index in [4.69, 9.17) is 5.73 Å². The highest BCUT2D eigenvalue weighted by molar-refractivity contribution is 5.75. The molecule has 8 heteroatoms. The molecule has 0 radical (unpaired) electrons. The van der Waals surface area contributed by atoms with E-state index in [-0.39, 0.29) is 17.1 Å². The standard InChI is InChI=1S/C10H6F2N4O2/c11-5-1-2-6(7(12)3-5)8-9(16(17)18)10(13)15-4-14-8/h1-4H,(H2,13,14,15). The molecule has 92 valence electrons. The number of aromatic nitrogens is 2. The summed E-state index contributed by atoms with van der Waals surface area (Å²) in [5, 5.41) is 10.8. The number of nitro groups is 1. The molecule has 0 saturated heterocycles. The second-order valence-electron chi connectivity index (χ2n) is 3.34. The minimum atomic E-state index is -0.962. The van der Waals surface area contributed by atoms with Crippen LogP contribution in [0.3, 0.4) is 0 Å². The highest BCUT2D eigenvalue weighted by atomic mass is 19.1. The first-order chi connectivity index (χ1) is 8.50. The number of hydrogen-bond donors (Lipinski definition) is 1. The van der Waals surface area contributed by atoms with Gasteiger partial charge in [-0.05, 0) is 12.1 Å². The molecule has 2 rings (SSSR count). The van der Waals surface area contributed by atoms with Crippen LogP contribution in [0.2, 0.25) is 0 Å². The summed E-state index contributed by atoms with van der Waals surface area (Å²) >= 11 is 0. The van der Waals surface area contributed by atoms with Gasteiger partial charge in [-0.1, -0.05) is 0 Å². The maximum Gasteiger partial charge on any atom is 0.337 e. The van der Waals surface area contributed by atoms with E-state index in [1.807, 2.05) is 0 Å². The molecule has 0 amide bonds. The van der Waals surface area contributed by atoms with E-state index in [2.05, 4.69) is 9.97 Å². The van der Waals surface area contributed by atoms with Crippen LogP contribution in [0.15, 0.2) is 24.5 Å². The van der Waals surface area contributed by atoms with Gasteiger partial charge < -0.3 is 5.73 Å². The lowest BCUT2D eigenvalue weighted by Gasteiger charge is -2.04. The zero-order valence-corrected chi connectivity index (χ0v) is 8.80. The van der Waals surface area contributed by atoms with E-state index in [9.17, 15) is 18.9 Å². The molecule has 0 spiro atoms. The molecule has 2 N–H and O–H groups in total. The van der Waals surface area contributed by atoms with Gasteiger partial charge in [-0.3, -0.25) is 10.1 Å². The second-order valence-corrected chi connectivity index (χ2v) is 3.34. The lowest BCUT2D eigenvalue weighted by Crippen LogP contribution is -2.03. The summed E-state index contributed by atoms with van der Waals surface area (Å²) in [4.78, 5) is 17.1. The van der Waals surface area contributed by atoms with Crippen molar-refractivity contribution < 1.29 is 13.7 Å². The Morgan fingerprint density at radius 1 is 1.28 bits per heavy atom. The normalized spacial score (nSPS) is 10.3. The molecule has 1 aromatic heterocycles. The van der Waals surface area contributed by atoms with Crippen LogP contribution in [0.1, 0.15) is 0 Å². The van der Waals surface area contributed by atoms with E-state index in [0.29, 0.717) is 6.07 Å². The highest BCUT2D eigenvalue weighted by Crippen LogP contribution is 2.32. The van der Waals surface area contributed by atoms with Crippen molar-refractivity contribution in [3.05, 3.63) is 46.3 Å². The molecule has 1 heterocycles. The van der Waals surface area contributed by atoms with E-state index in [0.717, 1.165) is 18.5 Å². The Labute approximate surface area is 99.3 Å². The Balaban J connectivity index is 2.71. The van der Waals surface area contributed by atoms with Crippen molar-refractivity contribution in [1.82, 2.24) is 9.97 Å². The molecule has 0 bridgehead atoms. The summed E-state index contributed by atoms with van der Waals surface area (Å²) in [5.41, 5.74) is 4.24. The number of rotatable bonds is 2. The Bertz CT molecular complexity index is 633. The van der Waals surface area contributed by atoms with E-state index < -0.39 is 22.2 Å². The summed E-state index contributed by atoms with van der Waals surface area (Å²) in [5.74, 6) is -2.13. The average Bonchev–Trinajstić information content (AvgIpc) is 2.28. The summed E-state index contributed by atoms with van der Waals surface area (Å²) in [6, 6.07) is 2.64. The molecule has 2 aromatic rings. The van der Waals surface area contributed by atoms with Gasteiger partial charge in [-0.2, -0.15) is 0 Å². The number of nitrogen functional groups attached to an aromatic ring is 1. The largest absolute Gasteiger partial charge is 0.378 e. The van der Waals surface area contributed by atoms with Crippen LogP contribution < -0.4 is 5.73 Å². The van der Waals surface area contributed by atoms with Crippen LogP contribution in [0, 0.1) is 21.7 Å². The third-order valence-electron chi connectivity index (χ3n) is 2.22. The molecule has 0 aliphatic carbocycles. The SMILES string of the molecule is Nc1ncnc(-c2ccc(F)cc2F)c1[N+](=O)[O-]. The van der Waals surface area contributed by atoms with Crippen molar-refractivity contribution in [2.45, 2.75) is 0 Å². The molecule has 6 nitrogen and oxygen atoms in total. The summed E-state index contributed by atoms with van der Waals surface area (Å²) in [6.45, 7) is 0. The summed E-state index contributed by atoms with van der Waals surface area (Å²) < 4.78 is 26.3. The van der Waals surface area contributed by atoms with Gasteiger partial charge in [0.05, 0.1) is 4.92 Å². The van der Waals surface area contributed by atoms with Crippen LogP contribution in [-0.2, 0) is 0 Å². The lowest BCUT2D eigenvalue weighted by molar-refractivity contribution is -0.383. The van der Waals surface area contributed by atoms with Crippen molar-refractivity contribution in [1.29, 1.82) is 0 Å². The van der Waals surface area contributed by atoms with Gasteiger partial charge in [0.2, 0.25) is 5.82 Å². The quantitative estimate of drug-likeness (QED) is 0.650. The molecular weight excluding hydrogens is 246 g/mol. The lowest BCUT2D eigenvalue weighted by atomic mass is 10.1. The molecule has 0 unspecified atom stereocenters. The number of benzene rings is 1.